The van der Waals surface area contributed by atoms with E-state index >= 15 is 0 Å². The molecule has 0 radical (unpaired) electrons. The Kier molecular flexibility index (Phi) is 22.5. The fourth-order valence-corrected chi connectivity index (χ4v) is 0.714. The van der Waals surface area contributed by atoms with Crippen LogP contribution in [-0.2, 0) is 23.9 Å². The van der Waals surface area contributed by atoms with Crippen LogP contribution in [0.5, 0.6) is 0 Å². The lowest BCUT2D eigenvalue weighted by Gasteiger charge is -1.94. The number of unbranched alkanes of at least 4 members (excludes halogenated alkanes) is 1. The minimum atomic E-state index is -0.829. The lowest BCUT2D eigenvalue weighted by molar-refractivity contribution is -0.138. The summed E-state index contributed by atoms with van der Waals surface area (Å²) in [5, 5.41) is 7.84. The summed E-state index contributed by atoms with van der Waals surface area (Å²) in [4.78, 5) is 29.8. The van der Waals surface area contributed by atoms with Gasteiger partial charge in [0.1, 0.15) is 0 Å². The van der Waals surface area contributed by atoms with E-state index in [-0.39, 0.29) is 18.4 Å². The summed E-state index contributed by atoms with van der Waals surface area (Å²) in [6, 6.07) is 0. The zero-order valence-electron chi connectivity index (χ0n) is 12.7. The Balaban J connectivity index is -0.000000240. The molecule has 0 aliphatic carbocycles. The largest absolute Gasteiger partial charge is 0.481 e. The van der Waals surface area contributed by atoms with Crippen LogP contribution >= 0.6 is 0 Å². The second-order valence-corrected chi connectivity index (χ2v) is 3.42. The maximum absolute atomic E-state index is 10.5. The van der Waals surface area contributed by atoms with Crippen molar-refractivity contribution in [3.63, 3.8) is 0 Å². The van der Waals surface area contributed by atoms with Crippen molar-refractivity contribution < 1.29 is 29.0 Å². The quantitative estimate of drug-likeness (QED) is 0.441. The molecule has 0 aliphatic rings. The molecule has 0 fully saturated rings. The van der Waals surface area contributed by atoms with Crippen molar-refractivity contribution in [2.75, 3.05) is 0 Å². The van der Waals surface area contributed by atoms with E-state index in [0.717, 1.165) is 25.4 Å². The second kappa shape index (κ2) is 20.0. The fourth-order valence-electron chi connectivity index (χ4n) is 0.714. The summed E-state index contributed by atoms with van der Waals surface area (Å²) in [5.41, 5.74) is 0. The zero-order valence-corrected chi connectivity index (χ0v) is 12.7. The van der Waals surface area contributed by atoms with Crippen LogP contribution in [0.3, 0.4) is 0 Å². The summed E-state index contributed by atoms with van der Waals surface area (Å²) in [6.45, 7) is 13.0. The second-order valence-electron chi connectivity index (χ2n) is 3.42. The molecule has 0 unspecified atom stereocenters. The van der Waals surface area contributed by atoms with Gasteiger partial charge in [-0.05, 0) is 6.42 Å². The number of carboxylic acid groups (broad SMARTS) is 1. The number of carbonyl (C=O) groups is 3. The molecule has 0 aliphatic heterocycles. The van der Waals surface area contributed by atoms with Crippen molar-refractivity contribution in [2.45, 2.75) is 39.5 Å². The Morgan fingerprint density at radius 1 is 1.10 bits per heavy atom. The van der Waals surface area contributed by atoms with Crippen LogP contribution in [0, 0.1) is 0 Å². The van der Waals surface area contributed by atoms with Crippen molar-refractivity contribution in [3.8, 4) is 0 Å². The van der Waals surface area contributed by atoms with Crippen LogP contribution in [0.15, 0.2) is 38.3 Å². The molecule has 21 heavy (non-hydrogen) atoms. The monoisotopic (exact) mass is 300 g/mol. The van der Waals surface area contributed by atoms with Crippen molar-refractivity contribution in [1.82, 2.24) is 0 Å². The maximum Gasteiger partial charge on any atom is 0.310 e. The number of aliphatic carboxylic acids is 1. The number of rotatable bonds is 7. The molecular weight excluding hydrogens is 276 g/mol. The topological polar surface area (TPSA) is 89.9 Å². The summed E-state index contributed by atoms with van der Waals surface area (Å²) in [7, 11) is 0. The molecule has 120 valence electrons. The van der Waals surface area contributed by atoms with Gasteiger partial charge in [0, 0.05) is 13.3 Å². The molecular formula is C15H24O6. The van der Waals surface area contributed by atoms with E-state index in [2.05, 4.69) is 29.2 Å². The third-order valence-corrected chi connectivity index (χ3v) is 1.52. The standard InChI is InChI=1S/C7H12O2.2C4H6O2/c1-3-5-6-7(8)9-4-2;1-3-6-4(2)5;1-2-3-4(5)6/h4H,2-3,5-6H2,1H3;3H,1H2,2H3;2H,1,3H2,(H,5,6). The van der Waals surface area contributed by atoms with Crippen molar-refractivity contribution in [2.24, 2.45) is 0 Å². The Morgan fingerprint density at radius 3 is 1.81 bits per heavy atom. The van der Waals surface area contributed by atoms with Gasteiger partial charge < -0.3 is 14.6 Å². The lowest BCUT2D eigenvalue weighted by Crippen LogP contribution is -1.97. The third kappa shape index (κ3) is 38.1. The molecule has 0 amide bonds. The van der Waals surface area contributed by atoms with Crippen LogP contribution in [-0.4, -0.2) is 23.0 Å². The molecule has 0 spiro atoms. The van der Waals surface area contributed by atoms with Gasteiger partial charge in [0.25, 0.3) is 0 Å². The molecule has 6 nitrogen and oxygen atoms in total. The van der Waals surface area contributed by atoms with Gasteiger partial charge in [-0.3, -0.25) is 14.4 Å². The van der Waals surface area contributed by atoms with E-state index in [0.29, 0.717) is 6.42 Å². The molecule has 0 saturated heterocycles. The highest BCUT2D eigenvalue weighted by Crippen LogP contribution is 1.95. The fraction of sp³-hybridized carbons (Fsp3) is 0.400. The number of esters is 2. The first kappa shape index (κ1) is 23.7. The molecule has 0 saturated carbocycles. The number of ether oxygens (including phenoxy) is 2. The average Bonchev–Trinajstić information content (AvgIpc) is 2.38. The van der Waals surface area contributed by atoms with Crippen molar-refractivity contribution in [3.05, 3.63) is 38.3 Å². The van der Waals surface area contributed by atoms with Crippen molar-refractivity contribution in [1.29, 1.82) is 0 Å². The number of carboxylic acids is 1. The molecule has 0 heterocycles. The normalized spacial score (nSPS) is 7.71. The highest BCUT2D eigenvalue weighted by molar-refractivity contribution is 5.69. The van der Waals surface area contributed by atoms with Crippen LogP contribution in [0.2, 0.25) is 0 Å². The Labute approximate surface area is 125 Å². The van der Waals surface area contributed by atoms with Gasteiger partial charge >= 0.3 is 17.9 Å². The van der Waals surface area contributed by atoms with Gasteiger partial charge in [-0.25, -0.2) is 0 Å². The molecule has 0 aromatic carbocycles. The summed E-state index contributed by atoms with van der Waals surface area (Å²) in [5.74, 6) is -1.35. The van der Waals surface area contributed by atoms with E-state index in [4.69, 9.17) is 5.11 Å². The Bertz CT molecular complexity index is 313. The molecule has 6 heteroatoms. The van der Waals surface area contributed by atoms with Crippen LogP contribution in [0.4, 0.5) is 0 Å². The van der Waals surface area contributed by atoms with E-state index in [1.807, 2.05) is 6.92 Å². The first-order valence-electron chi connectivity index (χ1n) is 6.26. The number of hydrogen-bond acceptors (Lipinski definition) is 5. The van der Waals surface area contributed by atoms with Gasteiger partial charge in [-0.1, -0.05) is 32.6 Å². The van der Waals surface area contributed by atoms with Crippen LogP contribution < -0.4 is 0 Å². The zero-order chi connectivity index (χ0) is 17.1. The van der Waals surface area contributed by atoms with Crippen molar-refractivity contribution >= 4 is 17.9 Å². The number of hydrogen-bond donors (Lipinski definition) is 1. The van der Waals surface area contributed by atoms with Crippen LogP contribution in [0.25, 0.3) is 0 Å². The smallest absolute Gasteiger partial charge is 0.310 e. The summed E-state index contributed by atoms with van der Waals surface area (Å²) >= 11 is 0. The van der Waals surface area contributed by atoms with Gasteiger partial charge in [-0.15, -0.1) is 6.58 Å². The highest BCUT2D eigenvalue weighted by atomic mass is 16.5. The summed E-state index contributed by atoms with van der Waals surface area (Å²) < 4.78 is 8.64. The molecule has 0 aromatic rings. The van der Waals surface area contributed by atoms with Gasteiger partial charge in [0.2, 0.25) is 0 Å². The van der Waals surface area contributed by atoms with Crippen LogP contribution in [0.1, 0.15) is 39.5 Å². The first-order chi connectivity index (χ1) is 9.85. The Hall–Kier alpha value is -2.37. The van der Waals surface area contributed by atoms with E-state index in [1.54, 1.807) is 0 Å². The van der Waals surface area contributed by atoms with Gasteiger partial charge in [-0.2, -0.15) is 0 Å². The molecule has 0 rings (SSSR count). The first-order valence-corrected chi connectivity index (χ1v) is 6.26. The van der Waals surface area contributed by atoms with E-state index < -0.39 is 5.97 Å². The molecule has 1 N–H and O–H groups in total. The van der Waals surface area contributed by atoms with Gasteiger partial charge in [0.15, 0.2) is 0 Å². The van der Waals surface area contributed by atoms with Gasteiger partial charge in [0.05, 0.1) is 18.9 Å². The number of carbonyl (C=O) groups excluding carboxylic acids is 2. The third-order valence-electron chi connectivity index (χ3n) is 1.52. The highest BCUT2D eigenvalue weighted by Gasteiger charge is 1.96. The predicted octanol–water partition coefficient (Wildman–Crippen LogP) is 3.20. The lowest BCUT2D eigenvalue weighted by atomic mass is 10.3. The van der Waals surface area contributed by atoms with E-state index in [1.165, 1.54) is 13.0 Å². The Morgan fingerprint density at radius 2 is 1.62 bits per heavy atom. The molecule has 0 bridgehead atoms. The maximum atomic E-state index is 10.5. The van der Waals surface area contributed by atoms with E-state index in [9.17, 15) is 14.4 Å². The summed E-state index contributed by atoms with van der Waals surface area (Å²) in [6.07, 6.45) is 6.09. The average molecular weight is 300 g/mol. The minimum Gasteiger partial charge on any atom is -0.481 e. The SMILES string of the molecule is C=CCC(=O)O.C=COC(=O)CCCC.C=COC(C)=O. The predicted molar refractivity (Wildman–Crippen MR) is 80.2 cm³/mol. The molecule has 0 atom stereocenters. The molecule has 0 aromatic heterocycles. The minimum absolute atomic E-state index is 0.0556.